The fraction of sp³-hybridized carbons (Fsp3) is 0.500. The summed E-state index contributed by atoms with van der Waals surface area (Å²) >= 11 is 0. The molecule has 0 aromatic carbocycles. The van der Waals surface area contributed by atoms with Gasteiger partial charge in [-0.2, -0.15) is 0 Å². The van der Waals surface area contributed by atoms with Crippen LogP contribution in [0.3, 0.4) is 0 Å². The Morgan fingerprint density at radius 2 is 1.22 bits per heavy atom. The molecule has 0 atom stereocenters. The molecule has 0 aromatic rings. The lowest BCUT2D eigenvalue weighted by molar-refractivity contribution is -0.123. The minimum Gasteiger partial charge on any atom is -0.370 e. The summed E-state index contributed by atoms with van der Waals surface area (Å²) in [6.07, 6.45) is 0.102. The van der Waals surface area contributed by atoms with Crippen molar-refractivity contribution in [3.63, 3.8) is 0 Å². The average molecular weight is 197 g/mol. The Kier molecular flexibility index (Phi) is 6.94. The second-order valence-corrected chi connectivity index (χ2v) is 1.43. The maximum Gasteiger partial charge on any atom is 0.217 e. The standard InChI is InChI=1S/C4H8N2O2.BrH/c5-3(7)1-2-4(6)8;/h1-2H2,(H2,5,7)(H2,6,8);1H. The third-order valence-corrected chi connectivity index (χ3v) is 0.618. The summed E-state index contributed by atoms with van der Waals surface area (Å²) in [5.74, 6) is -0.993. The van der Waals surface area contributed by atoms with Crippen molar-refractivity contribution >= 4 is 28.8 Å². The van der Waals surface area contributed by atoms with Crippen LogP contribution in [0, 0.1) is 0 Å². The first-order chi connectivity index (χ1) is 3.63. The molecule has 0 aliphatic heterocycles. The van der Waals surface area contributed by atoms with E-state index in [1.165, 1.54) is 0 Å². The molecular formula is C4H9BrN2O2. The monoisotopic (exact) mass is 196 g/mol. The van der Waals surface area contributed by atoms with E-state index in [-0.39, 0.29) is 29.8 Å². The van der Waals surface area contributed by atoms with Gasteiger partial charge in [0, 0.05) is 12.8 Å². The number of halogens is 1. The molecule has 0 unspecified atom stereocenters. The number of hydrogen-bond acceptors (Lipinski definition) is 2. The lowest BCUT2D eigenvalue weighted by Crippen LogP contribution is -2.16. The molecule has 0 spiro atoms. The highest BCUT2D eigenvalue weighted by Crippen LogP contribution is 1.82. The first kappa shape index (κ1) is 11.2. The van der Waals surface area contributed by atoms with Crippen LogP contribution in [0.5, 0.6) is 0 Å². The molecule has 5 heteroatoms. The van der Waals surface area contributed by atoms with Gasteiger partial charge < -0.3 is 11.5 Å². The normalized spacial score (nSPS) is 7.56. The first-order valence-electron chi connectivity index (χ1n) is 2.19. The fourth-order valence-corrected chi connectivity index (χ4v) is 0.246. The van der Waals surface area contributed by atoms with Crippen LogP contribution in [0.2, 0.25) is 0 Å². The molecule has 0 bridgehead atoms. The fourth-order valence-electron chi connectivity index (χ4n) is 0.246. The van der Waals surface area contributed by atoms with E-state index in [2.05, 4.69) is 0 Å². The minimum absolute atomic E-state index is 0. The summed E-state index contributed by atoms with van der Waals surface area (Å²) in [4.78, 5) is 19.8. The molecule has 0 aliphatic rings. The van der Waals surface area contributed by atoms with E-state index in [0.717, 1.165) is 0 Å². The SMILES string of the molecule is Br.NC(=O)CCC(N)=O. The second-order valence-electron chi connectivity index (χ2n) is 1.43. The maximum absolute atomic E-state index is 9.92. The Morgan fingerprint density at radius 3 is 1.33 bits per heavy atom. The maximum atomic E-state index is 9.92. The van der Waals surface area contributed by atoms with Gasteiger partial charge in [-0.05, 0) is 0 Å². The average Bonchev–Trinajstić information content (AvgIpc) is 1.61. The molecule has 9 heavy (non-hydrogen) atoms. The molecule has 4 N–H and O–H groups in total. The zero-order valence-electron chi connectivity index (χ0n) is 4.79. The molecule has 2 amide bonds. The summed E-state index contributed by atoms with van der Waals surface area (Å²) in [7, 11) is 0. The molecule has 0 heterocycles. The van der Waals surface area contributed by atoms with Crippen molar-refractivity contribution in [2.45, 2.75) is 12.8 Å². The first-order valence-corrected chi connectivity index (χ1v) is 2.19. The summed E-state index contributed by atoms with van der Waals surface area (Å²) in [5.41, 5.74) is 9.39. The molecule has 0 fully saturated rings. The van der Waals surface area contributed by atoms with Crippen LogP contribution in [0.15, 0.2) is 0 Å². The molecule has 0 aromatic heterocycles. The van der Waals surface area contributed by atoms with Crippen LogP contribution in [0.25, 0.3) is 0 Å². The van der Waals surface area contributed by atoms with Gasteiger partial charge in [-0.3, -0.25) is 9.59 Å². The zero-order valence-corrected chi connectivity index (χ0v) is 6.51. The van der Waals surface area contributed by atoms with Crippen molar-refractivity contribution in [3.05, 3.63) is 0 Å². The van der Waals surface area contributed by atoms with Gasteiger partial charge in [0.05, 0.1) is 0 Å². The number of nitrogens with two attached hydrogens (primary N) is 2. The molecule has 0 aliphatic carbocycles. The number of amides is 2. The molecular weight excluding hydrogens is 188 g/mol. The molecule has 54 valence electrons. The number of carbonyl (C=O) groups excluding carboxylic acids is 2. The Balaban J connectivity index is 0. The quantitative estimate of drug-likeness (QED) is 0.627. The lowest BCUT2D eigenvalue weighted by atomic mass is 10.3. The Hall–Kier alpha value is -0.580. The van der Waals surface area contributed by atoms with E-state index >= 15 is 0 Å². The van der Waals surface area contributed by atoms with Crippen LogP contribution in [0.1, 0.15) is 12.8 Å². The minimum atomic E-state index is -0.496. The predicted octanol–water partition coefficient (Wildman–Crippen LogP) is -0.685. The number of rotatable bonds is 3. The number of carbonyl (C=O) groups is 2. The van der Waals surface area contributed by atoms with E-state index in [9.17, 15) is 9.59 Å². The van der Waals surface area contributed by atoms with Gasteiger partial charge in [-0.15, -0.1) is 17.0 Å². The molecule has 0 radical (unpaired) electrons. The Morgan fingerprint density at radius 1 is 1.00 bits per heavy atom. The highest BCUT2D eigenvalue weighted by Gasteiger charge is 1.96. The van der Waals surface area contributed by atoms with E-state index in [4.69, 9.17) is 11.5 Å². The van der Waals surface area contributed by atoms with Crippen LogP contribution in [0.4, 0.5) is 0 Å². The van der Waals surface area contributed by atoms with Gasteiger partial charge in [-0.25, -0.2) is 0 Å². The van der Waals surface area contributed by atoms with E-state index in [1.807, 2.05) is 0 Å². The van der Waals surface area contributed by atoms with Crippen molar-refractivity contribution in [1.29, 1.82) is 0 Å². The van der Waals surface area contributed by atoms with E-state index in [0.29, 0.717) is 0 Å². The Labute approximate surface area is 63.3 Å². The number of hydrogen-bond donors (Lipinski definition) is 2. The van der Waals surface area contributed by atoms with Gasteiger partial charge in [0.15, 0.2) is 0 Å². The Bertz CT molecular complexity index is 101. The van der Waals surface area contributed by atoms with Crippen molar-refractivity contribution in [2.75, 3.05) is 0 Å². The van der Waals surface area contributed by atoms with Crippen molar-refractivity contribution in [1.82, 2.24) is 0 Å². The zero-order chi connectivity index (χ0) is 6.57. The summed E-state index contributed by atoms with van der Waals surface area (Å²) in [5, 5.41) is 0. The molecule has 4 nitrogen and oxygen atoms in total. The topological polar surface area (TPSA) is 86.2 Å². The van der Waals surface area contributed by atoms with Crippen molar-refractivity contribution in [3.8, 4) is 0 Å². The van der Waals surface area contributed by atoms with Gasteiger partial charge in [0.1, 0.15) is 0 Å². The molecule has 0 saturated heterocycles. The van der Waals surface area contributed by atoms with Gasteiger partial charge in [0.25, 0.3) is 0 Å². The lowest BCUT2D eigenvalue weighted by Gasteiger charge is -1.87. The molecule has 0 rings (SSSR count). The van der Waals surface area contributed by atoms with Crippen LogP contribution < -0.4 is 11.5 Å². The smallest absolute Gasteiger partial charge is 0.217 e. The predicted molar refractivity (Wildman–Crippen MR) is 37.9 cm³/mol. The van der Waals surface area contributed by atoms with Gasteiger partial charge in [-0.1, -0.05) is 0 Å². The third-order valence-electron chi connectivity index (χ3n) is 0.618. The second kappa shape index (κ2) is 5.55. The summed E-state index contributed by atoms with van der Waals surface area (Å²) in [6.45, 7) is 0. The summed E-state index contributed by atoms with van der Waals surface area (Å²) < 4.78 is 0. The van der Waals surface area contributed by atoms with Crippen LogP contribution >= 0.6 is 17.0 Å². The van der Waals surface area contributed by atoms with E-state index < -0.39 is 11.8 Å². The van der Waals surface area contributed by atoms with Crippen molar-refractivity contribution < 1.29 is 9.59 Å². The van der Waals surface area contributed by atoms with Gasteiger partial charge >= 0.3 is 0 Å². The highest BCUT2D eigenvalue weighted by atomic mass is 79.9. The number of primary amides is 2. The van der Waals surface area contributed by atoms with Crippen LogP contribution in [-0.2, 0) is 9.59 Å². The summed E-state index contributed by atoms with van der Waals surface area (Å²) in [6, 6.07) is 0. The largest absolute Gasteiger partial charge is 0.370 e. The third kappa shape index (κ3) is 11.2. The van der Waals surface area contributed by atoms with E-state index in [1.54, 1.807) is 0 Å². The molecule has 0 saturated carbocycles. The van der Waals surface area contributed by atoms with Crippen molar-refractivity contribution in [2.24, 2.45) is 11.5 Å². The highest BCUT2D eigenvalue weighted by molar-refractivity contribution is 8.93. The van der Waals surface area contributed by atoms with Gasteiger partial charge in [0.2, 0.25) is 11.8 Å². The van der Waals surface area contributed by atoms with Crippen LogP contribution in [-0.4, -0.2) is 11.8 Å².